The topological polar surface area (TPSA) is 42.0 Å². The number of hydrogen-bond donors (Lipinski definition) is 1. The van der Waals surface area contributed by atoms with Gasteiger partial charge in [0, 0.05) is 6.20 Å². The number of pyridine rings is 1. The van der Waals surface area contributed by atoms with E-state index in [2.05, 4.69) is 10.3 Å². The highest BCUT2D eigenvalue weighted by atomic mass is 32.2. The molecule has 0 aliphatic rings. The highest BCUT2D eigenvalue weighted by molar-refractivity contribution is 7.99. The van der Waals surface area contributed by atoms with Gasteiger partial charge in [-0.15, -0.1) is 0 Å². The summed E-state index contributed by atoms with van der Waals surface area (Å²) in [6.45, 7) is 1.87. The number of hydrogen-bond acceptors (Lipinski definition) is 3. The molecule has 3 nitrogen and oxygen atoms in total. The maximum Gasteiger partial charge on any atom is 0.417 e. The van der Waals surface area contributed by atoms with Crippen LogP contribution in [-0.4, -0.2) is 16.6 Å². The molecule has 1 heterocycles. The van der Waals surface area contributed by atoms with Gasteiger partial charge in [-0.25, -0.2) is 4.98 Å². The second kappa shape index (κ2) is 7.50. The summed E-state index contributed by atoms with van der Waals surface area (Å²) in [7, 11) is 0. The van der Waals surface area contributed by atoms with Crippen molar-refractivity contribution in [3.8, 4) is 0 Å². The number of benzene rings is 1. The van der Waals surface area contributed by atoms with Crippen LogP contribution in [-0.2, 0) is 11.0 Å². The molecule has 1 amide bonds. The molecule has 0 bridgehead atoms. The van der Waals surface area contributed by atoms with Gasteiger partial charge in [0.05, 0.1) is 22.4 Å². The Labute approximate surface area is 136 Å². The van der Waals surface area contributed by atoms with Crippen LogP contribution in [0.4, 0.5) is 13.2 Å². The van der Waals surface area contributed by atoms with E-state index in [4.69, 9.17) is 0 Å². The first kappa shape index (κ1) is 17.3. The van der Waals surface area contributed by atoms with Gasteiger partial charge in [0.1, 0.15) is 0 Å². The van der Waals surface area contributed by atoms with Crippen molar-refractivity contribution in [2.75, 3.05) is 5.75 Å². The average Bonchev–Trinajstić information content (AvgIpc) is 2.53. The Morgan fingerprint density at radius 3 is 2.48 bits per heavy atom. The van der Waals surface area contributed by atoms with Gasteiger partial charge in [-0.3, -0.25) is 4.79 Å². The summed E-state index contributed by atoms with van der Waals surface area (Å²) in [6, 6.07) is 11.6. The quantitative estimate of drug-likeness (QED) is 0.834. The smallest absolute Gasteiger partial charge is 0.349 e. The number of aromatic nitrogens is 1. The van der Waals surface area contributed by atoms with Crippen molar-refractivity contribution in [3.63, 3.8) is 0 Å². The number of alkyl halides is 3. The molecule has 1 aromatic heterocycles. The zero-order valence-corrected chi connectivity index (χ0v) is 13.1. The maximum absolute atomic E-state index is 12.4. The van der Waals surface area contributed by atoms with Gasteiger partial charge >= 0.3 is 6.18 Å². The maximum atomic E-state index is 12.4. The van der Waals surface area contributed by atoms with Gasteiger partial charge in [-0.2, -0.15) is 13.2 Å². The van der Waals surface area contributed by atoms with E-state index in [9.17, 15) is 18.0 Å². The summed E-state index contributed by atoms with van der Waals surface area (Å²) in [4.78, 5) is 15.6. The lowest BCUT2D eigenvalue weighted by Crippen LogP contribution is -2.28. The van der Waals surface area contributed by atoms with Gasteiger partial charge in [-0.05, 0) is 24.6 Å². The minimum atomic E-state index is -4.40. The third kappa shape index (κ3) is 5.28. The lowest BCUT2D eigenvalue weighted by Gasteiger charge is -2.14. The summed E-state index contributed by atoms with van der Waals surface area (Å²) in [5, 5.41) is 3.21. The Kier molecular flexibility index (Phi) is 5.65. The molecule has 1 atom stereocenters. The molecule has 1 aromatic carbocycles. The van der Waals surface area contributed by atoms with Crippen LogP contribution in [0.25, 0.3) is 0 Å². The Morgan fingerprint density at radius 1 is 1.22 bits per heavy atom. The normalized spacial score (nSPS) is 12.7. The van der Waals surface area contributed by atoms with Crippen molar-refractivity contribution in [1.29, 1.82) is 0 Å². The van der Waals surface area contributed by atoms with Crippen molar-refractivity contribution >= 4 is 17.7 Å². The van der Waals surface area contributed by atoms with E-state index in [0.29, 0.717) is 5.03 Å². The average molecular weight is 340 g/mol. The molecule has 122 valence electrons. The number of thioether (sulfide) groups is 1. The zero-order chi connectivity index (χ0) is 16.9. The molecule has 7 heteroatoms. The largest absolute Gasteiger partial charge is 0.417 e. The molecule has 0 fully saturated rings. The third-order valence-electron chi connectivity index (χ3n) is 3.09. The lowest BCUT2D eigenvalue weighted by molar-refractivity contribution is -0.137. The second-order valence-electron chi connectivity index (χ2n) is 4.87. The first-order valence-corrected chi connectivity index (χ1v) is 7.85. The number of amides is 1. The molecule has 1 N–H and O–H groups in total. The van der Waals surface area contributed by atoms with E-state index in [1.807, 2.05) is 37.3 Å². The summed E-state index contributed by atoms with van der Waals surface area (Å²) < 4.78 is 37.3. The molecular formula is C16H15F3N2OS. The van der Waals surface area contributed by atoms with Gasteiger partial charge in [0.15, 0.2) is 0 Å². The van der Waals surface area contributed by atoms with Crippen LogP contribution in [0.2, 0.25) is 0 Å². The van der Waals surface area contributed by atoms with E-state index < -0.39 is 11.7 Å². The van der Waals surface area contributed by atoms with Crippen LogP contribution in [0.5, 0.6) is 0 Å². The number of halogens is 3. The number of nitrogens with zero attached hydrogens (tertiary/aromatic N) is 1. The van der Waals surface area contributed by atoms with Crippen molar-refractivity contribution in [2.45, 2.75) is 24.2 Å². The molecule has 0 radical (unpaired) electrons. The Morgan fingerprint density at radius 2 is 1.91 bits per heavy atom. The van der Waals surface area contributed by atoms with Gasteiger partial charge in [-0.1, -0.05) is 42.1 Å². The van der Waals surface area contributed by atoms with E-state index in [1.165, 1.54) is 6.07 Å². The number of carbonyl (C=O) groups is 1. The summed E-state index contributed by atoms with van der Waals surface area (Å²) in [5.74, 6) is -0.108. The molecule has 23 heavy (non-hydrogen) atoms. The van der Waals surface area contributed by atoms with Crippen LogP contribution >= 0.6 is 11.8 Å². The predicted molar refractivity (Wildman–Crippen MR) is 83.0 cm³/mol. The minimum Gasteiger partial charge on any atom is -0.349 e. The van der Waals surface area contributed by atoms with Crippen LogP contribution in [0.15, 0.2) is 53.7 Å². The first-order valence-electron chi connectivity index (χ1n) is 6.86. The molecule has 2 aromatic rings. The summed E-state index contributed by atoms with van der Waals surface area (Å²) in [5.41, 5.74) is 0.183. The number of rotatable bonds is 5. The standard InChI is InChI=1S/C16H15F3N2OS/c1-11(12-5-3-2-4-6-12)21-14(22)10-23-15-8-7-13(9-20-15)16(17,18)19/h2-9,11H,10H2,1H3,(H,21,22)/t11-/m0/s1. The SMILES string of the molecule is C[C@H](NC(=O)CSc1ccc(C(F)(F)F)cn1)c1ccccc1. The summed E-state index contributed by atoms with van der Waals surface area (Å²) in [6.07, 6.45) is -3.63. The van der Waals surface area contributed by atoms with E-state index in [0.717, 1.165) is 29.6 Å². The van der Waals surface area contributed by atoms with E-state index >= 15 is 0 Å². The fourth-order valence-electron chi connectivity index (χ4n) is 1.88. The fraction of sp³-hybridized carbons (Fsp3) is 0.250. The molecule has 0 aliphatic heterocycles. The van der Waals surface area contributed by atoms with E-state index in [-0.39, 0.29) is 17.7 Å². The minimum absolute atomic E-state index is 0.0928. The Balaban J connectivity index is 1.85. The second-order valence-corrected chi connectivity index (χ2v) is 5.87. The zero-order valence-electron chi connectivity index (χ0n) is 12.3. The Bertz CT molecular complexity index is 645. The van der Waals surface area contributed by atoms with E-state index in [1.54, 1.807) is 0 Å². The first-order chi connectivity index (χ1) is 10.9. The molecule has 0 saturated carbocycles. The van der Waals surface area contributed by atoms with Crippen molar-refractivity contribution < 1.29 is 18.0 Å². The van der Waals surface area contributed by atoms with Gasteiger partial charge in [0.25, 0.3) is 0 Å². The van der Waals surface area contributed by atoms with Crippen molar-refractivity contribution in [2.24, 2.45) is 0 Å². The van der Waals surface area contributed by atoms with Crippen LogP contribution in [0.3, 0.4) is 0 Å². The highest BCUT2D eigenvalue weighted by Gasteiger charge is 2.30. The number of carbonyl (C=O) groups excluding carboxylic acids is 1. The van der Waals surface area contributed by atoms with Crippen LogP contribution < -0.4 is 5.32 Å². The number of nitrogens with one attached hydrogen (secondary N) is 1. The highest BCUT2D eigenvalue weighted by Crippen LogP contribution is 2.29. The van der Waals surface area contributed by atoms with Crippen LogP contribution in [0.1, 0.15) is 24.1 Å². The molecule has 0 unspecified atom stereocenters. The molecule has 0 spiro atoms. The predicted octanol–water partition coefficient (Wildman–Crippen LogP) is 4.07. The Hall–Kier alpha value is -2.02. The third-order valence-corrected chi connectivity index (χ3v) is 4.04. The van der Waals surface area contributed by atoms with Crippen molar-refractivity contribution in [1.82, 2.24) is 10.3 Å². The summed E-state index contributed by atoms with van der Waals surface area (Å²) >= 11 is 1.09. The lowest BCUT2D eigenvalue weighted by atomic mass is 10.1. The molecule has 0 aliphatic carbocycles. The van der Waals surface area contributed by atoms with Gasteiger partial charge in [0.2, 0.25) is 5.91 Å². The molecule has 0 saturated heterocycles. The van der Waals surface area contributed by atoms with Gasteiger partial charge < -0.3 is 5.32 Å². The van der Waals surface area contributed by atoms with Crippen LogP contribution in [0, 0.1) is 0 Å². The monoisotopic (exact) mass is 340 g/mol. The fourth-order valence-corrected chi connectivity index (χ4v) is 2.53. The molecular weight excluding hydrogens is 325 g/mol. The molecule has 2 rings (SSSR count). The van der Waals surface area contributed by atoms with Crippen molar-refractivity contribution in [3.05, 3.63) is 59.8 Å².